The zero-order valence-corrected chi connectivity index (χ0v) is 19.2. The van der Waals surface area contributed by atoms with Gasteiger partial charge < -0.3 is 14.2 Å². The molecule has 0 amide bonds. The van der Waals surface area contributed by atoms with Crippen LogP contribution in [0.25, 0.3) is 0 Å². The standard InChI is InChI=1S/C14H19FN2O3.C9H11FN2O/c1-12(2,3)20-11(18)17-5-4-10(16-17)19-9-13-6-14(15,7-13)8-13;10-9-3-8(4-9,5-9)6-13-7-1-2-11-12-7/h4-5H,6-9H2,1-3H3;1-2H,3-6H2,(H,11,12). The van der Waals surface area contributed by atoms with Crippen LogP contribution in [0.2, 0.25) is 0 Å². The maximum absolute atomic E-state index is 13.4. The van der Waals surface area contributed by atoms with Crippen LogP contribution in [0.4, 0.5) is 13.6 Å². The van der Waals surface area contributed by atoms with Gasteiger partial charge in [0, 0.05) is 29.2 Å². The first-order chi connectivity index (χ1) is 15.4. The van der Waals surface area contributed by atoms with Gasteiger partial charge in [0.25, 0.3) is 0 Å². The molecular formula is C23H30F2N4O4. The molecule has 0 atom stereocenters. The lowest BCUT2D eigenvalue weighted by Gasteiger charge is -2.65. The molecule has 6 aliphatic carbocycles. The van der Waals surface area contributed by atoms with E-state index in [0.717, 1.165) is 4.68 Å². The van der Waals surface area contributed by atoms with Gasteiger partial charge >= 0.3 is 6.09 Å². The van der Waals surface area contributed by atoms with Crippen molar-refractivity contribution < 1.29 is 27.8 Å². The van der Waals surface area contributed by atoms with E-state index in [2.05, 4.69) is 15.3 Å². The van der Waals surface area contributed by atoms with Gasteiger partial charge in [0.15, 0.2) is 0 Å². The molecule has 4 bridgehead atoms. The molecule has 0 aliphatic heterocycles. The Labute approximate surface area is 191 Å². The quantitative estimate of drug-likeness (QED) is 0.671. The van der Waals surface area contributed by atoms with Crippen molar-refractivity contribution in [2.75, 3.05) is 13.2 Å². The van der Waals surface area contributed by atoms with Gasteiger partial charge in [-0.25, -0.2) is 18.7 Å². The molecule has 0 radical (unpaired) electrons. The van der Waals surface area contributed by atoms with Crippen molar-refractivity contribution >= 4 is 6.09 Å². The summed E-state index contributed by atoms with van der Waals surface area (Å²) in [6.07, 6.45) is 6.44. The van der Waals surface area contributed by atoms with Crippen LogP contribution in [-0.2, 0) is 4.74 Å². The number of carbonyl (C=O) groups excluding carboxylic acids is 1. The van der Waals surface area contributed by atoms with Crippen molar-refractivity contribution in [2.45, 2.75) is 76.2 Å². The number of nitrogens with zero attached hydrogens (tertiary/aromatic N) is 3. The fourth-order valence-electron chi connectivity index (χ4n) is 5.60. The molecule has 6 aliphatic rings. The third-order valence-electron chi connectivity index (χ3n) is 6.83. The highest BCUT2D eigenvalue weighted by Gasteiger charge is 2.70. The summed E-state index contributed by atoms with van der Waals surface area (Å²) in [4.78, 5) is 11.8. The van der Waals surface area contributed by atoms with E-state index in [1.807, 2.05) is 0 Å². The molecule has 0 unspecified atom stereocenters. The van der Waals surface area contributed by atoms with E-state index >= 15 is 0 Å². The van der Waals surface area contributed by atoms with E-state index < -0.39 is 23.0 Å². The third-order valence-corrected chi connectivity index (χ3v) is 6.83. The summed E-state index contributed by atoms with van der Waals surface area (Å²) < 4.78 is 43.8. The normalized spacial score (nSPS) is 34.9. The topological polar surface area (TPSA) is 91.3 Å². The molecule has 6 saturated carbocycles. The minimum Gasteiger partial charge on any atom is -0.477 e. The minimum absolute atomic E-state index is 0.00441. The van der Waals surface area contributed by atoms with Gasteiger partial charge in [-0.2, -0.15) is 9.78 Å². The number of nitrogens with one attached hydrogen (secondary N) is 1. The van der Waals surface area contributed by atoms with E-state index in [9.17, 15) is 13.6 Å². The van der Waals surface area contributed by atoms with Gasteiger partial charge in [-0.05, 0) is 59.3 Å². The monoisotopic (exact) mass is 464 g/mol. The second-order valence-corrected chi connectivity index (χ2v) is 11.4. The number of aromatic amines is 1. The van der Waals surface area contributed by atoms with E-state index in [4.69, 9.17) is 14.2 Å². The Morgan fingerprint density at radius 3 is 2.09 bits per heavy atom. The Bertz CT molecular complexity index is 990. The number of ether oxygens (including phenoxy) is 3. The van der Waals surface area contributed by atoms with Crippen LogP contribution in [0, 0.1) is 10.8 Å². The average molecular weight is 465 g/mol. The van der Waals surface area contributed by atoms with E-state index in [0.29, 0.717) is 63.5 Å². The molecular weight excluding hydrogens is 434 g/mol. The van der Waals surface area contributed by atoms with Crippen molar-refractivity contribution in [2.24, 2.45) is 10.8 Å². The smallest absolute Gasteiger partial charge is 0.435 e. The van der Waals surface area contributed by atoms with Crippen LogP contribution < -0.4 is 9.47 Å². The fourth-order valence-corrected chi connectivity index (χ4v) is 5.60. The lowest BCUT2D eigenvalue weighted by atomic mass is 9.43. The molecule has 180 valence electrons. The summed E-state index contributed by atoms with van der Waals surface area (Å²) in [5.74, 6) is 1.05. The van der Waals surface area contributed by atoms with Gasteiger partial charge in [-0.15, -0.1) is 5.10 Å². The second kappa shape index (κ2) is 7.17. The highest BCUT2D eigenvalue weighted by atomic mass is 19.1. The molecule has 2 aromatic rings. The Kier molecular flexibility index (Phi) is 4.82. The first-order valence-corrected chi connectivity index (χ1v) is 11.3. The summed E-state index contributed by atoms with van der Waals surface area (Å²) in [5, 5.41) is 10.5. The van der Waals surface area contributed by atoms with Gasteiger partial charge in [-0.3, -0.25) is 0 Å². The summed E-state index contributed by atoms with van der Waals surface area (Å²) in [6, 6.07) is 3.39. The Balaban J connectivity index is 0.000000151. The highest BCUT2D eigenvalue weighted by Crippen LogP contribution is 2.70. The zero-order valence-electron chi connectivity index (χ0n) is 19.2. The molecule has 33 heavy (non-hydrogen) atoms. The molecule has 10 heteroatoms. The molecule has 8 nitrogen and oxygen atoms in total. The van der Waals surface area contributed by atoms with Crippen molar-refractivity contribution in [1.29, 1.82) is 0 Å². The zero-order chi connectivity index (χ0) is 23.5. The fraction of sp³-hybridized carbons (Fsp3) is 0.696. The molecule has 6 fully saturated rings. The minimum atomic E-state index is -0.917. The lowest BCUT2D eigenvalue weighted by molar-refractivity contribution is -0.226. The van der Waals surface area contributed by atoms with E-state index in [1.165, 1.54) is 6.20 Å². The van der Waals surface area contributed by atoms with Gasteiger partial charge in [-0.1, -0.05) is 0 Å². The van der Waals surface area contributed by atoms with Gasteiger partial charge in [0.2, 0.25) is 11.8 Å². The first kappa shape index (κ1) is 22.2. The number of hydrogen-bond donors (Lipinski definition) is 1. The number of rotatable bonds is 6. The number of alkyl halides is 2. The number of aromatic nitrogens is 4. The van der Waals surface area contributed by atoms with E-state index in [1.54, 1.807) is 39.1 Å². The molecule has 0 aromatic carbocycles. The number of hydrogen-bond acceptors (Lipinski definition) is 6. The summed E-state index contributed by atoms with van der Waals surface area (Å²) in [6.45, 7) is 6.47. The summed E-state index contributed by atoms with van der Waals surface area (Å²) in [7, 11) is 0. The Hall–Kier alpha value is -2.65. The predicted octanol–water partition coefficient (Wildman–Crippen LogP) is 4.62. The Morgan fingerprint density at radius 2 is 1.61 bits per heavy atom. The summed E-state index contributed by atoms with van der Waals surface area (Å²) in [5.41, 5.74) is -2.15. The molecule has 1 N–H and O–H groups in total. The lowest BCUT2D eigenvalue weighted by Crippen LogP contribution is -2.66. The van der Waals surface area contributed by atoms with Crippen molar-refractivity contribution in [1.82, 2.24) is 20.0 Å². The SMILES string of the molecule is CC(C)(C)OC(=O)n1ccc(OCC23CC(F)(C2)C3)n1.FC12CC(COc3ccn[nH]3)(C1)C2. The molecule has 0 spiro atoms. The number of halogens is 2. The summed E-state index contributed by atoms with van der Waals surface area (Å²) >= 11 is 0. The van der Waals surface area contributed by atoms with Crippen molar-refractivity contribution in [3.05, 3.63) is 24.5 Å². The van der Waals surface area contributed by atoms with Crippen LogP contribution >= 0.6 is 0 Å². The average Bonchev–Trinajstić information content (AvgIpc) is 3.30. The van der Waals surface area contributed by atoms with Crippen molar-refractivity contribution in [3.63, 3.8) is 0 Å². The molecule has 8 rings (SSSR count). The third kappa shape index (κ3) is 4.44. The van der Waals surface area contributed by atoms with Crippen LogP contribution in [-0.4, -0.2) is 56.2 Å². The largest absolute Gasteiger partial charge is 0.477 e. The second-order valence-electron chi connectivity index (χ2n) is 11.4. The maximum Gasteiger partial charge on any atom is 0.435 e. The number of carbonyl (C=O) groups is 1. The molecule has 2 heterocycles. The van der Waals surface area contributed by atoms with Gasteiger partial charge in [0.1, 0.15) is 16.9 Å². The van der Waals surface area contributed by atoms with Gasteiger partial charge in [0.05, 0.1) is 19.4 Å². The maximum atomic E-state index is 13.4. The van der Waals surface area contributed by atoms with E-state index in [-0.39, 0.29) is 10.8 Å². The molecule has 0 saturated heterocycles. The van der Waals surface area contributed by atoms with Crippen molar-refractivity contribution in [3.8, 4) is 11.8 Å². The Morgan fingerprint density at radius 1 is 1.03 bits per heavy atom. The highest BCUT2D eigenvalue weighted by molar-refractivity contribution is 5.69. The molecule has 2 aromatic heterocycles. The first-order valence-electron chi connectivity index (χ1n) is 11.3. The van der Waals surface area contributed by atoms with Crippen LogP contribution in [0.1, 0.15) is 59.3 Å². The van der Waals surface area contributed by atoms with Crippen LogP contribution in [0.3, 0.4) is 0 Å². The predicted molar refractivity (Wildman–Crippen MR) is 114 cm³/mol. The van der Waals surface area contributed by atoms with Crippen LogP contribution in [0.15, 0.2) is 24.5 Å². The van der Waals surface area contributed by atoms with Crippen LogP contribution in [0.5, 0.6) is 11.8 Å². The number of H-pyrrole nitrogens is 1.